The molecule has 0 aromatic heterocycles. The Morgan fingerprint density at radius 1 is 1.00 bits per heavy atom. The number of amides is 1. The summed E-state index contributed by atoms with van der Waals surface area (Å²) in [4.78, 5) is 30.8. The van der Waals surface area contributed by atoms with E-state index in [4.69, 9.17) is 18.9 Å². The summed E-state index contributed by atoms with van der Waals surface area (Å²) in [5, 5.41) is 11.5. The van der Waals surface area contributed by atoms with Gasteiger partial charge in [-0.25, -0.2) is 0 Å². The number of Topliss-reactive ketones (excluding diaryl/α,β-unsaturated/α-hetero) is 1. The molecule has 1 N–H and O–H groups in total. The Bertz CT molecular complexity index is 1250. The third kappa shape index (κ3) is 6.26. The van der Waals surface area contributed by atoms with Crippen LogP contribution >= 0.6 is 0 Å². The minimum Gasteiger partial charge on any atom is -0.507 e. The molecule has 214 valence electrons. The largest absolute Gasteiger partial charge is 0.507 e. The van der Waals surface area contributed by atoms with Gasteiger partial charge in [0, 0.05) is 31.7 Å². The highest BCUT2D eigenvalue weighted by molar-refractivity contribution is 6.46. The number of ketones is 1. The van der Waals surface area contributed by atoms with Crippen LogP contribution in [0.25, 0.3) is 5.76 Å². The van der Waals surface area contributed by atoms with Gasteiger partial charge in [0.25, 0.3) is 11.7 Å². The maximum absolute atomic E-state index is 13.5. The molecule has 40 heavy (non-hydrogen) atoms. The number of hydrogen-bond donors (Lipinski definition) is 1. The van der Waals surface area contributed by atoms with Gasteiger partial charge in [0.05, 0.1) is 31.4 Å². The molecular weight excluding hydrogens is 512 g/mol. The predicted molar refractivity (Wildman–Crippen MR) is 150 cm³/mol. The zero-order chi connectivity index (χ0) is 28.1. The number of aliphatic hydroxyl groups excluding tert-OH is 1. The molecule has 0 unspecified atom stereocenters. The van der Waals surface area contributed by atoms with Crippen LogP contribution in [0.15, 0.2) is 48.0 Å². The number of nitrogens with zero attached hydrogens (tertiary/aromatic N) is 2. The summed E-state index contributed by atoms with van der Waals surface area (Å²) >= 11 is 0. The van der Waals surface area contributed by atoms with Crippen molar-refractivity contribution in [2.24, 2.45) is 5.92 Å². The Labute approximate surface area is 235 Å². The standard InChI is InChI=1S/C31H38N2O7/c1-21(2)9-14-38-24-6-3-5-22(19-24)28-27(29(34)23-7-8-25-26(20-23)40-18-17-39-25)30(35)31(36)33(28)11-4-10-32-12-15-37-16-13-32/h3,5-8,19-21,28,34H,4,9-18H2,1-2H3/b29-27+/t28-/m0/s1. The monoisotopic (exact) mass is 550 g/mol. The van der Waals surface area contributed by atoms with Crippen molar-refractivity contribution < 1.29 is 33.6 Å². The van der Waals surface area contributed by atoms with Crippen molar-refractivity contribution in [3.63, 3.8) is 0 Å². The Morgan fingerprint density at radius 2 is 1.77 bits per heavy atom. The molecule has 2 aromatic rings. The second-order valence-electron chi connectivity index (χ2n) is 10.8. The van der Waals surface area contributed by atoms with E-state index >= 15 is 0 Å². The first-order valence-electron chi connectivity index (χ1n) is 14.1. The van der Waals surface area contributed by atoms with Crippen LogP contribution in [0.1, 0.15) is 43.9 Å². The lowest BCUT2D eigenvalue weighted by molar-refractivity contribution is -0.140. The van der Waals surface area contributed by atoms with Gasteiger partial charge in [-0.1, -0.05) is 26.0 Å². The Morgan fingerprint density at radius 3 is 2.55 bits per heavy atom. The molecule has 1 atom stereocenters. The second-order valence-corrected chi connectivity index (χ2v) is 10.8. The van der Waals surface area contributed by atoms with Gasteiger partial charge in [0.1, 0.15) is 24.7 Å². The molecular formula is C31H38N2O7. The van der Waals surface area contributed by atoms with E-state index in [1.165, 1.54) is 0 Å². The number of hydrogen-bond acceptors (Lipinski definition) is 8. The van der Waals surface area contributed by atoms with E-state index in [-0.39, 0.29) is 11.3 Å². The van der Waals surface area contributed by atoms with Crippen LogP contribution < -0.4 is 14.2 Å². The molecule has 0 saturated carbocycles. The maximum Gasteiger partial charge on any atom is 0.295 e. The van der Waals surface area contributed by atoms with Crippen molar-refractivity contribution in [2.75, 3.05) is 59.2 Å². The average molecular weight is 551 g/mol. The molecule has 2 aromatic carbocycles. The van der Waals surface area contributed by atoms with E-state index in [2.05, 4.69) is 18.7 Å². The summed E-state index contributed by atoms with van der Waals surface area (Å²) in [5.74, 6) is 0.694. The van der Waals surface area contributed by atoms with Gasteiger partial charge in [-0.2, -0.15) is 0 Å². The van der Waals surface area contributed by atoms with Crippen molar-refractivity contribution in [1.82, 2.24) is 9.80 Å². The molecule has 2 fully saturated rings. The fourth-order valence-electron chi connectivity index (χ4n) is 5.28. The van der Waals surface area contributed by atoms with E-state index in [9.17, 15) is 14.7 Å². The van der Waals surface area contributed by atoms with Crippen LogP contribution in [0, 0.1) is 5.92 Å². The first-order chi connectivity index (χ1) is 19.4. The highest BCUT2D eigenvalue weighted by Crippen LogP contribution is 2.41. The summed E-state index contributed by atoms with van der Waals surface area (Å²) in [6.45, 7) is 9.96. The van der Waals surface area contributed by atoms with Crippen LogP contribution in [0.2, 0.25) is 0 Å². The summed E-state index contributed by atoms with van der Waals surface area (Å²) in [5.41, 5.74) is 1.17. The topological polar surface area (TPSA) is 97.8 Å². The lowest BCUT2D eigenvalue weighted by Crippen LogP contribution is -2.38. The molecule has 5 rings (SSSR count). The van der Waals surface area contributed by atoms with Crippen molar-refractivity contribution in [1.29, 1.82) is 0 Å². The number of likely N-dealkylation sites (tertiary alicyclic amines) is 1. The zero-order valence-electron chi connectivity index (χ0n) is 23.3. The van der Waals surface area contributed by atoms with E-state index < -0.39 is 17.7 Å². The number of morpholine rings is 1. The molecule has 9 nitrogen and oxygen atoms in total. The van der Waals surface area contributed by atoms with Gasteiger partial charge >= 0.3 is 0 Å². The molecule has 1 amide bonds. The summed E-state index contributed by atoms with van der Waals surface area (Å²) in [7, 11) is 0. The van der Waals surface area contributed by atoms with E-state index in [1.807, 2.05) is 24.3 Å². The Balaban J connectivity index is 1.47. The average Bonchev–Trinajstić information content (AvgIpc) is 3.22. The van der Waals surface area contributed by atoms with Crippen LogP contribution in [-0.4, -0.2) is 85.8 Å². The molecule has 9 heteroatoms. The summed E-state index contributed by atoms with van der Waals surface area (Å²) in [6.07, 6.45) is 1.60. The fourth-order valence-corrected chi connectivity index (χ4v) is 5.28. The predicted octanol–water partition coefficient (Wildman–Crippen LogP) is 4.03. The first-order valence-corrected chi connectivity index (χ1v) is 14.1. The van der Waals surface area contributed by atoms with Crippen LogP contribution in [0.4, 0.5) is 0 Å². The number of carbonyl (C=O) groups excluding carboxylic acids is 2. The second kappa shape index (κ2) is 12.7. The van der Waals surface area contributed by atoms with Crippen LogP contribution in [0.3, 0.4) is 0 Å². The lowest BCUT2D eigenvalue weighted by atomic mass is 9.95. The summed E-state index contributed by atoms with van der Waals surface area (Å²) in [6, 6.07) is 11.8. The minimum absolute atomic E-state index is 0.0624. The van der Waals surface area contributed by atoms with Crippen molar-refractivity contribution in [3.05, 3.63) is 59.2 Å². The van der Waals surface area contributed by atoms with E-state index in [0.717, 1.165) is 26.1 Å². The van der Waals surface area contributed by atoms with Gasteiger partial charge in [-0.05, 0) is 54.7 Å². The Hall–Kier alpha value is -3.56. The molecule has 3 aliphatic rings. The normalized spacial score (nSPS) is 20.8. The van der Waals surface area contributed by atoms with Crippen LogP contribution in [0.5, 0.6) is 17.2 Å². The molecule has 0 bridgehead atoms. The molecule has 0 aliphatic carbocycles. The molecule has 3 aliphatic heterocycles. The number of carbonyl (C=O) groups is 2. The van der Waals surface area contributed by atoms with E-state index in [1.54, 1.807) is 23.1 Å². The fraction of sp³-hybridized carbons (Fsp3) is 0.484. The minimum atomic E-state index is -0.744. The van der Waals surface area contributed by atoms with E-state index in [0.29, 0.717) is 80.3 Å². The van der Waals surface area contributed by atoms with Crippen LogP contribution in [-0.2, 0) is 14.3 Å². The van der Waals surface area contributed by atoms with Gasteiger partial charge in [0.2, 0.25) is 0 Å². The van der Waals surface area contributed by atoms with Gasteiger partial charge in [-0.15, -0.1) is 0 Å². The first kappa shape index (κ1) is 28.0. The zero-order valence-corrected chi connectivity index (χ0v) is 23.3. The molecule has 0 radical (unpaired) electrons. The third-order valence-electron chi connectivity index (χ3n) is 7.47. The number of rotatable bonds is 10. The number of ether oxygens (including phenoxy) is 4. The van der Waals surface area contributed by atoms with Gasteiger partial charge in [-0.3, -0.25) is 14.5 Å². The molecule has 3 heterocycles. The van der Waals surface area contributed by atoms with Crippen molar-refractivity contribution in [3.8, 4) is 17.2 Å². The van der Waals surface area contributed by atoms with Crippen molar-refractivity contribution in [2.45, 2.75) is 32.7 Å². The summed E-state index contributed by atoms with van der Waals surface area (Å²) < 4.78 is 22.7. The smallest absolute Gasteiger partial charge is 0.295 e. The number of aliphatic hydroxyl groups is 1. The molecule has 0 spiro atoms. The van der Waals surface area contributed by atoms with Gasteiger partial charge in [0.15, 0.2) is 11.5 Å². The number of fused-ring (bicyclic) bond motifs is 1. The van der Waals surface area contributed by atoms with Crippen molar-refractivity contribution >= 4 is 17.4 Å². The third-order valence-corrected chi connectivity index (χ3v) is 7.47. The Kier molecular flexibility index (Phi) is 8.91. The quantitative estimate of drug-likeness (QED) is 0.269. The SMILES string of the molecule is CC(C)CCOc1cccc([C@H]2/C(=C(\O)c3ccc4c(c3)OCCO4)C(=O)C(=O)N2CCCN2CCOCC2)c1. The lowest BCUT2D eigenvalue weighted by Gasteiger charge is -2.29. The highest BCUT2D eigenvalue weighted by Gasteiger charge is 2.46. The highest BCUT2D eigenvalue weighted by atomic mass is 16.6. The molecule has 2 saturated heterocycles. The van der Waals surface area contributed by atoms with Gasteiger partial charge < -0.3 is 29.0 Å². The number of benzene rings is 2. The maximum atomic E-state index is 13.5.